The second-order valence-corrected chi connectivity index (χ2v) is 6.36. The zero-order chi connectivity index (χ0) is 12.5. The average Bonchev–Trinajstić information content (AvgIpc) is 2.98. The summed E-state index contributed by atoms with van der Waals surface area (Å²) in [5.74, 6) is -0.709. The summed E-state index contributed by atoms with van der Waals surface area (Å²) in [7, 11) is -0.878. The van der Waals surface area contributed by atoms with Crippen molar-refractivity contribution in [3.63, 3.8) is 0 Å². The van der Waals surface area contributed by atoms with Crippen LogP contribution in [-0.4, -0.2) is 54.8 Å². The van der Waals surface area contributed by atoms with Crippen molar-refractivity contribution in [3.8, 4) is 0 Å². The molecule has 0 aliphatic heterocycles. The third kappa shape index (κ3) is 2.93. The van der Waals surface area contributed by atoms with Gasteiger partial charge in [0.25, 0.3) is 10.2 Å². The summed E-state index contributed by atoms with van der Waals surface area (Å²) in [6.45, 7) is 1.82. The number of hydrogen-bond donors (Lipinski definition) is 1. The molecule has 0 aromatic carbocycles. The second-order valence-electron chi connectivity index (χ2n) is 4.26. The Morgan fingerprint density at radius 3 is 2.31 bits per heavy atom. The van der Waals surface area contributed by atoms with Gasteiger partial charge in [0, 0.05) is 20.6 Å². The van der Waals surface area contributed by atoms with Gasteiger partial charge in [-0.3, -0.25) is 4.79 Å². The molecule has 1 N–H and O–H groups in total. The molecule has 0 aromatic heterocycles. The minimum Gasteiger partial charge on any atom is -0.480 e. The fourth-order valence-electron chi connectivity index (χ4n) is 1.33. The molecule has 1 saturated carbocycles. The van der Waals surface area contributed by atoms with E-state index in [4.69, 9.17) is 5.11 Å². The topological polar surface area (TPSA) is 77.9 Å². The standard InChI is InChI=1S/C9H18N2O4S/c1-7(9(12)13)11(3)16(14,15)10(2)6-8-4-5-8/h7-8H,4-6H2,1-3H3,(H,12,13). The first-order valence-electron chi connectivity index (χ1n) is 5.19. The van der Waals surface area contributed by atoms with Crippen molar-refractivity contribution in [3.05, 3.63) is 0 Å². The van der Waals surface area contributed by atoms with Crippen LogP contribution >= 0.6 is 0 Å². The van der Waals surface area contributed by atoms with E-state index in [0.29, 0.717) is 12.5 Å². The molecule has 1 atom stereocenters. The van der Waals surface area contributed by atoms with Gasteiger partial charge in [-0.1, -0.05) is 0 Å². The maximum Gasteiger partial charge on any atom is 0.321 e. The third-order valence-electron chi connectivity index (χ3n) is 2.87. The number of carboxylic acid groups (broad SMARTS) is 1. The Balaban J connectivity index is 2.70. The van der Waals surface area contributed by atoms with Gasteiger partial charge in [-0.15, -0.1) is 0 Å². The zero-order valence-electron chi connectivity index (χ0n) is 9.75. The van der Waals surface area contributed by atoms with E-state index in [9.17, 15) is 13.2 Å². The van der Waals surface area contributed by atoms with Crippen LogP contribution < -0.4 is 0 Å². The molecular weight excluding hydrogens is 232 g/mol. The summed E-state index contributed by atoms with van der Waals surface area (Å²) < 4.78 is 26.0. The summed E-state index contributed by atoms with van der Waals surface area (Å²) in [4.78, 5) is 10.7. The fraction of sp³-hybridized carbons (Fsp3) is 0.889. The van der Waals surface area contributed by atoms with Crippen LogP contribution in [0.1, 0.15) is 19.8 Å². The van der Waals surface area contributed by atoms with E-state index in [0.717, 1.165) is 17.1 Å². The Kier molecular flexibility index (Phi) is 3.92. The van der Waals surface area contributed by atoms with Crippen molar-refractivity contribution in [1.82, 2.24) is 8.61 Å². The minimum atomic E-state index is -3.65. The van der Waals surface area contributed by atoms with Crippen molar-refractivity contribution < 1.29 is 18.3 Å². The molecule has 0 bridgehead atoms. The lowest BCUT2D eigenvalue weighted by atomic mass is 10.4. The summed E-state index contributed by atoms with van der Waals surface area (Å²) in [5, 5.41) is 8.77. The first kappa shape index (κ1) is 13.4. The van der Waals surface area contributed by atoms with Crippen LogP contribution in [0.15, 0.2) is 0 Å². The predicted molar refractivity (Wildman–Crippen MR) is 59.1 cm³/mol. The van der Waals surface area contributed by atoms with Crippen LogP contribution in [0, 0.1) is 5.92 Å². The first-order valence-corrected chi connectivity index (χ1v) is 6.58. The highest BCUT2D eigenvalue weighted by Gasteiger charge is 2.34. The zero-order valence-corrected chi connectivity index (χ0v) is 10.6. The van der Waals surface area contributed by atoms with Gasteiger partial charge in [0.1, 0.15) is 6.04 Å². The normalized spacial score (nSPS) is 19.1. The molecule has 1 unspecified atom stereocenters. The summed E-state index contributed by atoms with van der Waals surface area (Å²) in [6, 6.07) is -1.05. The summed E-state index contributed by atoms with van der Waals surface area (Å²) in [6.07, 6.45) is 2.11. The SMILES string of the molecule is CC(C(=O)O)N(C)S(=O)(=O)N(C)CC1CC1. The lowest BCUT2D eigenvalue weighted by Crippen LogP contribution is -2.47. The molecule has 1 rings (SSSR count). The Hall–Kier alpha value is -0.660. The second kappa shape index (κ2) is 4.68. The Labute approximate surface area is 96.0 Å². The van der Waals surface area contributed by atoms with Crippen LogP contribution in [0.4, 0.5) is 0 Å². The smallest absolute Gasteiger partial charge is 0.321 e. The molecule has 0 amide bonds. The highest BCUT2D eigenvalue weighted by molar-refractivity contribution is 7.86. The average molecular weight is 250 g/mol. The molecule has 94 valence electrons. The van der Waals surface area contributed by atoms with Crippen molar-refractivity contribution in [2.75, 3.05) is 20.6 Å². The van der Waals surface area contributed by atoms with Gasteiger partial charge < -0.3 is 5.11 Å². The number of carboxylic acids is 1. The van der Waals surface area contributed by atoms with Gasteiger partial charge in [0.05, 0.1) is 0 Å². The molecular formula is C9H18N2O4S. The lowest BCUT2D eigenvalue weighted by Gasteiger charge is -2.26. The quantitative estimate of drug-likeness (QED) is 0.718. The minimum absolute atomic E-state index is 0.438. The number of rotatable bonds is 6. The van der Waals surface area contributed by atoms with Crippen LogP contribution in [0.2, 0.25) is 0 Å². The van der Waals surface area contributed by atoms with E-state index in [1.165, 1.54) is 25.3 Å². The monoisotopic (exact) mass is 250 g/mol. The third-order valence-corrected chi connectivity index (χ3v) is 4.85. The van der Waals surface area contributed by atoms with Crippen molar-refractivity contribution in [1.29, 1.82) is 0 Å². The molecule has 1 aliphatic carbocycles. The highest BCUT2D eigenvalue weighted by Crippen LogP contribution is 2.30. The van der Waals surface area contributed by atoms with Crippen LogP contribution in [-0.2, 0) is 15.0 Å². The molecule has 0 spiro atoms. The van der Waals surface area contributed by atoms with Gasteiger partial charge in [-0.25, -0.2) is 0 Å². The molecule has 6 nitrogen and oxygen atoms in total. The van der Waals surface area contributed by atoms with Gasteiger partial charge in [0.2, 0.25) is 0 Å². The molecule has 7 heteroatoms. The van der Waals surface area contributed by atoms with Crippen LogP contribution in [0.5, 0.6) is 0 Å². The molecule has 0 saturated heterocycles. The van der Waals surface area contributed by atoms with E-state index in [1.54, 1.807) is 0 Å². The molecule has 0 heterocycles. The summed E-state index contributed by atoms with van der Waals surface area (Å²) in [5.41, 5.74) is 0. The van der Waals surface area contributed by atoms with Gasteiger partial charge in [0.15, 0.2) is 0 Å². The van der Waals surface area contributed by atoms with E-state index < -0.39 is 22.2 Å². The number of hydrogen-bond acceptors (Lipinski definition) is 3. The van der Waals surface area contributed by atoms with Crippen molar-refractivity contribution in [2.45, 2.75) is 25.8 Å². The van der Waals surface area contributed by atoms with E-state index in [-0.39, 0.29) is 0 Å². The van der Waals surface area contributed by atoms with E-state index in [1.807, 2.05) is 0 Å². The molecule has 0 aromatic rings. The van der Waals surface area contributed by atoms with Gasteiger partial charge in [-0.05, 0) is 25.7 Å². The molecule has 1 fully saturated rings. The maximum absolute atomic E-state index is 11.9. The first-order chi connectivity index (χ1) is 7.26. The Morgan fingerprint density at radius 2 is 1.94 bits per heavy atom. The van der Waals surface area contributed by atoms with Gasteiger partial charge >= 0.3 is 5.97 Å². The molecule has 1 aliphatic rings. The van der Waals surface area contributed by atoms with Gasteiger partial charge in [-0.2, -0.15) is 17.0 Å². The lowest BCUT2D eigenvalue weighted by molar-refractivity contribution is -0.140. The van der Waals surface area contributed by atoms with Crippen LogP contribution in [0.3, 0.4) is 0 Å². The predicted octanol–water partition coefficient (Wildman–Crippen LogP) is -0.0221. The van der Waals surface area contributed by atoms with Crippen molar-refractivity contribution >= 4 is 16.2 Å². The number of carbonyl (C=O) groups is 1. The van der Waals surface area contributed by atoms with E-state index >= 15 is 0 Å². The van der Waals surface area contributed by atoms with Crippen LogP contribution in [0.25, 0.3) is 0 Å². The van der Waals surface area contributed by atoms with Crippen molar-refractivity contribution in [2.24, 2.45) is 5.92 Å². The fourth-order valence-corrected chi connectivity index (χ4v) is 2.66. The number of likely N-dealkylation sites (N-methyl/N-ethyl adjacent to an activating group) is 1. The Bertz CT molecular complexity index is 364. The maximum atomic E-state index is 11.9. The summed E-state index contributed by atoms with van der Waals surface area (Å²) >= 11 is 0. The molecule has 0 radical (unpaired) electrons. The number of aliphatic carboxylic acids is 1. The highest BCUT2D eigenvalue weighted by atomic mass is 32.2. The molecule has 16 heavy (non-hydrogen) atoms. The Morgan fingerprint density at radius 1 is 1.44 bits per heavy atom. The van der Waals surface area contributed by atoms with E-state index in [2.05, 4.69) is 0 Å². The largest absolute Gasteiger partial charge is 0.480 e. The number of nitrogens with zero attached hydrogens (tertiary/aromatic N) is 2.